The normalized spacial score (nSPS) is 9.93. The lowest BCUT2D eigenvalue weighted by Crippen LogP contribution is -2.06. The first-order valence-electron chi connectivity index (χ1n) is 8.11. The molecule has 0 atom stereocenters. The van der Waals surface area contributed by atoms with Gasteiger partial charge < -0.3 is 9.97 Å². The van der Waals surface area contributed by atoms with E-state index in [2.05, 4.69) is 19.9 Å². The lowest BCUT2D eigenvalue weighted by Gasteiger charge is -1.99. The Morgan fingerprint density at radius 2 is 1.37 bits per heavy atom. The summed E-state index contributed by atoms with van der Waals surface area (Å²) < 4.78 is 0.344. The monoisotopic (exact) mass is 376 g/mol. The maximum Gasteiger partial charge on any atom is 0.252 e. The molecule has 4 aromatic rings. The lowest BCUT2D eigenvalue weighted by atomic mass is 10.1. The number of H-pyrrole nitrogens is 3. The summed E-state index contributed by atoms with van der Waals surface area (Å²) in [5, 5.41) is 0. The second kappa shape index (κ2) is 8.68. The van der Waals surface area contributed by atoms with Crippen molar-refractivity contribution < 1.29 is 0 Å². The number of aromatic nitrogens is 4. The van der Waals surface area contributed by atoms with Gasteiger partial charge in [-0.3, -0.25) is 14.6 Å². The predicted molar refractivity (Wildman–Crippen MR) is 108 cm³/mol. The van der Waals surface area contributed by atoms with E-state index < -0.39 is 0 Å². The molecule has 4 rings (SSSR count). The van der Waals surface area contributed by atoms with Crippen molar-refractivity contribution in [2.75, 3.05) is 0 Å². The van der Waals surface area contributed by atoms with Gasteiger partial charge in [0.25, 0.3) is 11.1 Å². The maximum atomic E-state index is 11.1. The molecule has 6 nitrogen and oxygen atoms in total. The molecule has 2 aromatic carbocycles. The molecule has 3 N–H and O–H groups in total. The fraction of sp³-hybridized carbons (Fsp3) is 0. The first kappa shape index (κ1) is 18.2. The molecular weight excluding hydrogens is 360 g/mol. The number of benzene rings is 2. The molecule has 0 spiro atoms. The van der Waals surface area contributed by atoms with Crippen molar-refractivity contribution in [3.05, 3.63) is 105 Å². The molecule has 0 fully saturated rings. The van der Waals surface area contributed by atoms with Gasteiger partial charge in [0.15, 0.2) is 4.77 Å². The molecule has 0 radical (unpaired) electrons. The minimum atomic E-state index is -0.187. The van der Waals surface area contributed by atoms with Crippen LogP contribution in [0.2, 0.25) is 0 Å². The molecule has 0 aliphatic carbocycles. The number of hydrogen-bond acceptors (Lipinski definition) is 4. The Morgan fingerprint density at radius 3 is 1.96 bits per heavy atom. The third-order valence-electron chi connectivity index (χ3n) is 3.59. The van der Waals surface area contributed by atoms with Gasteiger partial charge in [0.05, 0.1) is 17.7 Å². The highest BCUT2D eigenvalue weighted by atomic mass is 32.1. The van der Waals surface area contributed by atoms with E-state index in [9.17, 15) is 9.59 Å². The first-order chi connectivity index (χ1) is 13.1. The van der Waals surface area contributed by atoms with Crippen molar-refractivity contribution in [3.8, 4) is 22.5 Å². The van der Waals surface area contributed by atoms with Gasteiger partial charge in [0.1, 0.15) is 0 Å². The summed E-state index contributed by atoms with van der Waals surface area (Å²) in [6, 6.07) is 22.1. The van der Waals surface area contributed by atoms with Gasteiger partial charge in [0.2, 0.25) is 0 Å². The summed E-state index contributed by atoms with van der Waals surface area (Å²) in [7, 11) is 0. The number of hydrogen-bond donors (Lipinski definition) is 3. The fourth-order valence-corrected chi connectivity index (χ4v) is 2.59. The highest BCUT2D eigenvalue weighted by molar-refractivity contribution is 7.71. The number of aromatic amines is 3. The van der Waals surface area contributed by atoms with Crippen LogP contribution in [0.3, 0.4) is 0 Å². The Balaban J connectivity index is 0.000000156. The largest absolute Gasteiger partial charge is 0.332 e. The van der Waals surface area contributed by atoms with Crippen LogP contribution in [-0.4, -0.2) is 19.9 Å². The average Bonchev–Trinajstić information content (AvgIpc) is 2.69. The van der Waals surface area contributed by atoms with Crippen molar-refractivity contribution in [1.82, 2.24) is 19.9 Å². The number of nitrogens with one attached hydrogen (secondary N) is 3. The van der Waals surface area contributed by atoms with E-state index in [4.69, 9.17) is 12.2 Å². The zero-order valence-corrected chi connectivity index (χ0v) is 15.0. The molecule has 7 heteroatoms. The molecular formula is C20H16N4O2S. The van der Waals surface area contributed by atoms with Crippen LogP contribution in [0.4, 0.5) is 0 Å². The van der Waals surface area contributed by atoms with Crippen LogP contribution >= 0.6 is 12.2 Å². The fourth-order valence-electron chi connectivity index (χ4n) is 2.38. The molecule has 0 saturated heterocycles. The summed E-state index contributed by atoms with van der Waals surface area (Å²) in [5.74, 6) is 0. The van der Waals surface area contributed by atoms with Crippen LogP contribution in [0, 0.1) is 4.77 Å². The van der Waals surface area contributed by atoms with E-state index in [1.165, 1.54) is 18.5 Å². The Kier molecular flexibility index (Phi) is 5.86. The van der Waals surface area contributed by atoms with Crippen LogP contribution in [0.25, 0.3) is 22.5 Å². The molecule has 0 aliphatic rings. The van der Waals surface area contributed by atoms with Gasteiger partial charge >= 0.3 is 0 Å². The third kappa shape index (κ3) is 5.20. The van der Waals surface area contributed by atoms with Crippen molar-refractivity contribution in [2.45, 2.75) is 0 Å². The van der Waals surface area contributed by atoms with Crippen LogP contribution < -0.4 is 11.1 Å². The maximum absolute atomic E-state index is 11.1. The second-order valence-electron chi connectivity index (χ2n) is 5.53. The number of rotatable bonds is 2. The topological polar surface area (TPSA) is 94.4 Å². The van der Waals surface area contributed by atoms with E-state index in [1.54, 1.807) is 0 Å². The van der Waals surface area contributed by atoms with E-state index in [0.29, 0.717) is 10.5 Å². The zero-order valence-electron chi connectivity index (χ0n) is 14.2. The minimum Gasteiger partial charge on any atom is -0.332 e. The standard InChI is InChI=1S/C10H8N2OS.C10H8N2O/c13-9-6-8(11-10(14)12-9)7-4-2-1-3-5-7;13-10-6-9(11-7-12-10)8-4-2-1-3-5-8/h1-6H,(H2,11,12,13,14);1-7H,(H,11,12,13). The van der Waals surface area contributed by atoms with Crippen LogP contribution in [0.1, 0.15) is 0 Å². The van der Waals surface area contributed by atoms with Gasteiger partial charge in [-0.05, 0) is 17.8 Å². The molecule has 0 saturated carbocycles. The van der Waals surface area contributed by atoms with Crippen molar-refractivity contribution in [1.29, 1.82) is 0 Å². The van der Waals surface area contributed by atoms with Crippen molar-refractivity contribution >= 4 is 12.2 Å². The summed E-state index contributed by atoms with van der Waals surface area (Å²) in [6.07, 6.45) is 1.41. The van der Waals surface area contributed by atoms with Gasteiger partial charge in [-0.1, -0.05) is 60.7 Å². The van der Waals surface area contributed by atoms with Crippen LogP contribution in [0.5, 0.6) is 0 Å². The van der Waals surface area contributed by atoms with Gasteiger partial charge in [-0.25, -0.2) is 4.98 Å². The van der Waals surface area contributed by atoms with E-state index >= 15 is 0 Å². The Morgan fingerprint density at radius 1 is 0.741 bits per heavy atom. The summed E-state index contributed by atoms with van der Waals surface area (Å²) >= 11 is 4.88. The van der Waals surface area contributed by atoms with Gasteiger partial charge in [-0.15, -0.1) is 0 Å². The molecule has 27 heavy (non-hydrogen) atoms. The van der Waals surface area contributed by atoms with Crippen LogP contribution in [-0.2, 0) is 0 Å². The summed E-state index contributed by atoms with van der Waals surface area (Å²) in [6.45, 7) is 0. The Hall–Kier alpha value is -3.58. The van der Waals surface area contributed by atoms with Crippen molar-refractivity contribution in [3.63, 3.8) is 0 Å². The lowest BCUT2D eigenvalue weighted by molar-refractivity contribution is 1.09. The molecule has 2 aromatic heterocycles. The molecule has 0 aliphatic heterocycles. The Bertz CT molecular complexity index is 1150. The van der Waals surface area contributed by atoms with E-state index in [-0.39, 0.29) is 11.1 Å². The summed E-state index contributed by atoms with van der Waals surface area (Å²) in [5.41, 5.74) is 3.02. The van der Waals surface area contributed by atoms with Gasteiger partial charge in [0, 0.05) is 17.7 Å². The molecule has 0 unspecified atom stereocenters. The van der Waals surface area contributed by atoms with Crippen molar-refractivity contribution in [2.24, 2.45) is 0 Å². The second-order valence-corrected chi connectivity index (χ2v) is 5.94. The quantitative estimate of drug-likeness (QED) is 0.467. The predicted octanol–water partition coefficient (Wildman–Crippen LogP) is 3.54. The minimum absolute atomic E-state index is 0.131. The van der Waals surface area contributed by atoms with E-state index in [1.807, 2.05) is 60.7 Å². The Labute approximate surface area is 159 Å². The molecule has 134 valence electrons. The molecule has 2 heterocycles. The third-order valence-corrected chi connectivity index (χ3v) is 3.80. The van der Waals surface area contributed by atoms with Gasteiger partial charge in [-0.2, -0.15) is 0 Å². The molecule has 0 amide bonds. The zero-order chi connectivity index (χ0) is 19.1. The molecule has 0 bridgehead atoms. The van der Waals surface area contributed by atoms with Crippen LogP contribution in [0.15, 0.2) is 88.7 Å². The highest BCUT2D eigenvalue weighted by Gasteiger charge is 1.98. The highest BCUT2D eigenvalue weighted by Crippen LogP contribution is 2.13. The first-order valence-corrected chi connectivity index (χ1v) is 8.52. The summed E-state index contributed by atoms with van der Waals surface area (Å²) in [4.78, 5) is 34.0. The number of nitrogens with zero attached hydrogens (tertiary/aromatic N) is 1. The average molecular weight is 376 g/mol. The smallest absolute Gasteiger partial charge is 0.252 e. The SMILES string of the molecule is O=c1cc(-c2ccccc2)[nH]c(=S)[nH]1.O=c1cc(-c2ccccc2)nc[nH]1. The van der Waals surface area contributed by atoms with E-state index in [0.717, 1.165) is 16.8 Å².